The summed E-state index contributed by atoms with van der Waals surface area (Å²) in [6, 6.07) is 4.67. The van der Waals surface area contributed by atoms with Crippen LogP contribution in [0.4, 0.5) is 11.6 Å². The first-order valence-electron chi connectivity index (χ1n) is 6.53. The monoisotopic (exact) mass is 340 g/mol. The number of nitrogens with zero attached hydrogens (tertiary/aromatic N) is 3. The minimum absolute atomic E-state index is 0.0765. The molecule has 0 aliphatic heterocycles. The third kappa shape index (κ3) is 3.47. The Kier molecular flexibility index (Phi) is 4.94. The maximum Gasteiger partial charge on any atom is 0.271 e. The van der Waals surface area contributed by atoms with Gasteiger partial charge in [-0.3, -0.25) is 10.1 Å². The molecule has 0 aliphatic rings. The number of non-ortho nitro benzene ring substituents is 1. The van der Waals surface area contributed by atoms with Gasteiger partial charge in [0.1, 0.15) is 0 Å². The van der Waals surface area contributed by atoms with Crippen molar-refractivity contribution in [2.75, 3.05) is 23.8 Å². The number of imidazole rings is 1. The second kappa shape index (κ2) is 6.69. The Hall–Kier alpha value is -1.63. The topological polar surface area (TPSA) is 75.1 Å². The van der Waals surface area contributed by atoms with Gasteiger partial charge in [0.15, 0.2) is 0 Å². The minimum atomic E-state index is -0.399. The zero-order chi connectivity index (χ0) is 14.5. The largest absolute Gasteiger partial charge is 0.345 e. The number of H-pyrrole nitrogens is 1. The van der Waals surface area contributed by atoms with Gasteiger partial charge in [0, 0.05) is 31.1 Å². The van der Waals surface area contributed by atoms with E-state index in [-0.39, 0.29) is 5.69 Å². The molecule has 0 atom stereocenters. The highest BCUT2D eigenvalue weighted by Crippen LogP contribution is 2.21. The predicted molar refractivity (Wildman–Crippen MR) is 83.7 cm³/mol. The molecule has 0 fully saturated rings. The zero-order valence-corrected chi connectivity index (χ0v) is 12.9. The molecule has 0 radical (unpaired) electrons. The maximum absolute atomic E-state index is 10.7. The number of anilines is 1. The van der Waals surface area contributed by atoms with Crippen LogP contribution < -0.4 is 4.90 Å². The first-order valence-corrected chi connectivity index (χ1v) is 7.65. The second-order valence-electron chi connectivity index (χ2n) is 4.69. The van der Waals surface area contributed by atoms with Crippen LogP contribution in [-0.2, 0) is 0 Å². The summed E-state index contributed by atoms with van der Waals surface area (Å²) < 4.78 is 0. The number of halogens is 1. The van der Waals surface area contributed by atoms with Crippen LogP contribution in [-0.4, -0.2) is 33.8 Å². The standard InChI is InChI=1S/C13H17BrN4O2/c1-17(8-4-2-3-7-14)13-15-11-6-5-10(18(19)20)9-12(11)16-13/h5-6,9H,2-4,7-8H2,1H3,(H,15,16). The van der Waals surface area contributed by atoms with Gasteiger partial charge in [-0.2, -0.15) is 0 Å². The highest BCUT2D eigenvalue weighted by molar-refractivity contribution is 9.09. The van der Waals surface area contributed by atoms with Crippen LogP contribution in [0.15, 0.2) is 18.2 Å². The molecule has 0 saturated heterocycles. The average Bonchev–Trinajstić information content (AvgIpc) is 2.86. The lowest BCUT2D eigenvalue weighted by Crippen LogP contribution is -2.19. The second-order valence-corrected chi connectivity index (χ2v) is 5.48. The third-order valence-corrected chi connectivity index (χ3v) is 3.71. The Balaban J connectivity index is 2.08. The Morgan fingerprint density at radius 2 is 2.20 bits per heavy atom. The summed E-state index contributed by atoms with van der Waals surface area (Å²) in [6.45, 7) is 0.912. The molecule has 0 bridgehead atoms. The lowest BCUT2D eigenvalue weighted by atomic mass is 10.2. The van der Waals surface area contributed by atoms with E-state index in [9.17, 15) is 10.1 Å². The van der Waals surface area contributed by atoms with E-state index < -0.39 is 4.92 Å². The van der Waals surface area contributed by atoms with Gasteiger partial charge in [-0.15, -0.1) is 0 Å². The first-order chi connectivity index (χ1) is 9.61. The number of rotatable bonds is 7. The Labute approximate surface area is 125 Å². The lowest BCUT2D eigenvalue weighted by molar-refractivity contribution is -0.384. The highest BCUT2D eigenvalue weighted by Gasteiger charge is 2.11. The molecule has 20 heavy (non-hydrogen) atoms. The van der Waals surface area contributed by atoms with Crippen LogP contribution in [0.2, 0.25) is 0 Å². The molecule has 0 unspecified atom stereocenters. The number of unbranched alkanes of at least 4 members (excludes halogenated alkanes) is 2. The van der Waals surface area contributed by atoms with Crippen LogP contribution in [0.1, 0.15) is 19.3 Å². The Morgan fingerprint density at radius 1 is 1.40 bits per heavy atom. The quantitative estimate of drug-likeness (QED) is 0.362. The number of hydrogen-bond donors (Lipinski definition) is 1. The number of nitrogens with one attached hydrogen (secondary N) is 1. The van der Waals surface area contributed by atoms with Gasteiger partial charge < -0.3 is 9.88 Å². The number of hydrogen-bond acceptors (Lipinski definition) is 4. The van der Waals surface area contributed by atoms with Gasteiger partial charge in [-0.05, 0) is 18.9 Å². The van der Waals surface area contributed by atoms with Crippen LogP contribution in [0.3, 0.4) is 0 Å². The summed E-state index contributed by atoms with van der Waals surface area (Å²) >= 11 is 3.42. The molecule has 108 valence electrons. The van der Waals surface area contributed by atoms with E-state index in [1.807, 2.05) is 11.9 Å². The molecule has 1 aromatic carbocycles. The maximum atomic E-state index is 10.7. The Morgan fingerprint density at radius 3 is 2.90 bits per heavy atom. The summed E-state index contributed by atoms with van der Waals surface area (Å²) in [4.78, 5) is 20.0. The number of benzene rings is 1. The summed E-state index contributed by atoms with van der Waals surface area (Å²) in [7, 11) is 1.97. The molecule has 1 aromatic heterocycles. The molecule has 0 aliphatic carbocycles. The highest BCUT2D eigenvalue weighted by atomic mass is 79.9. The molecular weight excluding hydrogens is 324 g/mol. The van der Waals surface area contributed by atoms with E-state index in [0.717, 1.165) is 29.8 Å². The molecule has 0 amide bonds. The van der Waals surface area contributed by atoms with Crippen LogP contribution in [0.5, 0.6) is 0 Å². The number of fused-ring (bicyclic) bond motifs is 1. The summed E-state index contributed by atoms with van der Waals surface area (Å²) in [5.41, 5.74) is 1.52. The summed E-state index contributed by atoms with van der Waals surface area (Å²) in [6.07, 6.45) is 3.43. The molecule has 6 nitrogen and oxygen atoms in total. The number of alkyl halides is 1. The lowest BCUT2D eigenvalue weighted by Gasteiger charge is -2.15. The fourth-order valence-corrected chi connectivity index (χ4v) is 2.40. The predicted octanol–water partition coefficient (Wildman–Crippen LogP) is 3.47. The van der Waals surface area contributed by atoms with Gasteiger partial charge in [0.25, 0.3) is 5.69 Å². The van der Waals surface area contributed by atoms with Gasteiger partial charge in [-0.25, -0.2) is 4.98 Å². The van der Waals surface area contributed by atoms with E-state index in [0.29, 0.717) is 5.52 Å². The van der Waals surface area contributed by atoms with Crippen molar-refractivity contribution >= 4 is 38.6 Å². The zero-order valence-electron chi connectivity index (χ0n) is 11.3. The smallest absolute Gasteiger partial charge is 0.271 e. The van der Waals surface area contributed by atoms with Gasteiger partial charge in [0.2, 0.25) is 5.95 Å². The van der Waals surface area contributed by atoms with E-state index in [2.05, 4.69) is 25.9 Å². The van der Waals surface area contributed by atoms with Crippen LogP contribution in [0, 0.1) is 10.1 Å². The molecule has 2 aromatic rings. The van der Waals surface area contributed by atoms with Crippen molar-refractivity contribution in [2.45, 2.75) is 19.3 Å². The molecule has 0 spiro atoms. The molecule has 2 rings (SSSR count). The number of aromatic nitrogens is 2. The normalized spacial score (nSPS) is 10.9. The SMILES string of the molecule is CN(CCCCCBr)c1nc2ccc([N+](=O)[O-])cc2[nH]1. The van der Waals surface area contributed by atoms with Crippen molar-refractivity contribution < 1.29 is 4.92 Å². The van der Waals surface area contributed by atoms with Crippen molar-refractivity contribution in [3.63, 3.8) is 0 Å². The van der Waals surface area contributed by atoms with E-state index in [1.165, 1.54) is 25.0 Å². The average molecular weight is 341 g/mol. The summed E-state index contributed by atoms with van der Waals surface area (Å²) in [5, 5.41) is 11.8. The third-order valence-electron chi connectivity index (χ3n) is 3.15. The van der Waals surface area contributed by atoms with Gasteiger partial charge >= 0.3 is 0 Å². The number of aromatic amines is 1. The summed E-state index contributed by atoms with van der Waals surface area (Å²) in [5.74, 6) is 0.749. The molecule has 1 heterocycles. The van der Waals surface area contributed by atoms with Gasteiger partial charge in [0.05, 0.1) is 16.0 Å². The first kappa shape index (κ1) is 14.8. The van der Waals surface area contributed by atoms with E-state index >= 15 is 0 Å². The van der Waals surface area contributed by atoms with Crippen molar-refractivity contribution in [1.29, 1.82) is 0 Å². The van der Waals surface area contributed by atoms with Crippen molar-refractivity contribution in [1.82, 2.24) is 9.97 Å². The molecular formula is C13H17BrN4O2. The van der Waals surface area contributed by atoms with Crippen LogP contribution >= 0.6 is 15.9 Å². The fourth-order valence-electron chi connectivity index (χ4n) is 2.00. The molecule has 7 heteroatoms. The van der Waals surface area contributed by atoms with Crippen molar-refractivity contribution in [3.05, 3.63) is 28.3 Å². The van der Waals surface area contributed by atoms with E-state index in [4.69, 9.17) is 0 Å². The Bertz CT molecular complexity index is 599. The van der Waals surface area contributed by atoms with Crippen LogP contribution in [0.25, 0.3) is 11.0 Å². The van der Waals surface area contributed by atoms with Gasteiger partial charge in [-0.1, -0.05) is 22.4 Å². The van der Waals surface area contributed by atoms with Crippen molar-refractivity contribution in [3.8, 4) is 0 Å². The van der Waals surface area contributed by atoms with Crippen molar-refractivity contribution in [2.24, 2.45) is 0 Å². The number of nitro groups is 1. The molecule has 1 N–H and O–H groups in total. The number of nitro benzene ring substituents is 1. The minimum Gasteiger partial charge on any atom is -0.345 e. The fraction of sp³-hybridized carbons (Fsp3) is 0.462. The van der Waals surface area contributed by atoms with E-state index in [1.54, 1.807) is 6.07 Å². The molecule has 0 saturated carbocycles.